The van der Waals surface area contributed by atoms with E-state index in [0.717, 1.165) is 55.5 Å². The summed E-state index contributed by atoms with van der Waals surface area (Å²) in [6, 6.07) is 18.8. The molecule has 9 heteroatoms. The Balaban J connectivity index is 1.17. The first-order valence-electron chi connectivity index (χ1n) is 13.6. The lowest BCUT2D eigenvalue weighted by Crippen LogP contribution is -2.58. The minimum absolute atomic E-state index is 0.0102. The maximum atomic E-state index is 15.1. The third-order valence-electron chi connectivity index (χ3n) is 7.81. The molecule has 0 spiro atoms. The number of nitrogens with zero attached hydrogens (tertiary/aromatic N) is 1. The molecule has 1 heterocycles. The Bertz CT molecular complexity index is 1440. The second kappa shape index (κ2) is 11.1. The molecule has 0 bridgehead atoms. The number of carbonyl (C=O) groups is 1. The quantitative estimate of drug-likeness (QED) is 0.271. The lowest BCUT2D eigenvalue weighted by atomic mass is 9.79. The molecule has 1 saturated heterocycles. The number of benzene rings is 3. The van der Waals surface area contributed by atoms with Crippen molar-refractivity contribution in [3.63, 3.8) is 0 Å². The average molecular weight is 602 g/mol. The molecule has 0 radical (unpaired) electrons. The van der Waals surface area contributed by atoms with Gasteiger partial charge in [0.15, 0.2) is 0 Å². The number of halogens is 3. The minimum Gasteiger partial charge on any atom is -0.493 e. The van der Waals surface area contributed by atoms with Gasteiger partial charge in [-0.25, -0.2) is 8.60 Å². The Kier molecular flexibility index (Phi) is 7.68. The van der Waals surface area contributed by atoms with Crippen LogP contribution < -0.4 is 9.46 Å². The summed E-state index contributed by atoms with van der Waals surface area (Å²) >= 11 is 12.7. The third kappa shape index (κ3) is 6.08. The summed E-state index contributed by atoms with van der Waals surface area (Å²) < 4.78 is 36.0. The van der Waals surface area contributed by atoms with E-state index in [-0.39, 0.29) is 28.2 Å². The van der Waals surface area contributed by atoms with Crippen molar-refractivity contribution in [2.24, 2.45) is 5.41 Å². The van der Waals surface area contributed by atoms with Crippen LogP contribution in [0.4, 0.5) is 4.39 Å². The Morgan fingerprint density at radius 2 is 1.73 bits per heavy atom. The Morgan fingerprint density at radius 1 is 1.05 bits per heavy atom. The van der Waals surface area contributed by atoms with Gasteiger partial charge in [0.25, 0.3) is 5.91 Å². The molecule has 0 aromatic heterocycles. The van der Waals surface area contributed by atoms with Crippen LogP contribution in [0.25, 0.3) is 0 Å². The van der Waals surface area contributed by atoms with Crippen LogP contribution in [0, 0.1) is 11.2 Å². The van der Waals surface area contributed by atoms with Gasteiger partial charge in [-0.3, -0.25) is 14.4 Å². The normalized spacial score (nSPS) is 19.9. The lowest BCUT2D eigenvalue weighted by molar-refractivity contribution is -0.0379. The maximum absolute atomic E-state index is 15.1. The molecule has 40 heavy (non-hydrogen) atoms. The van der Waals surface area contributed by atoms with Crippen LogP contribution in [0.3, 0.4) is 0 Å². The predicted octanol–water partition coefficient (Wildman–Crippen LogP) is 7.06. The molecule has 1 aliphatic heterocycles. The van der Waals surface area contributed by atoms with E-state index in [9.17, 15) is 9.00 Å². The van der Waals surface area contributed by atoms with E-state index in [1.165, 1.54) is 6.07 Å². The van der Waals surface area contributed by atoms with Gasteiger partial charge in [-0.05, 0) is 72.6 Å². The molecule has 6 rings (SSSR count). The second-order valence-corrected chi connectivity index (χ2v) is 13.9. The van der Waals surface area contributed by atoms with Crippen LogP contribution in [0.1, 0.15) is 71.6 Å². The lowest BCUT2D eigenvalue weighted by Gasteiger charge is -2.51. The van der Waals surface area contributed by atoms with Crippen molar-refractivity contribution in [3.8, 4) is 5.75 Å². The molecule has 2 aliphatic carbocycles. The first-order valence-corrected chi connectivity index (χ1v) is 15.6. The van der Waals surface area contributed by atoms with Crippen LogP contribution in [-0.4, -0.2) is 40.0 Å². The van der Waals surface area contributed by atoms with Crippen LogP contribution in [0.15, 0.2) is 60.7 Å². The Hall–Kier alpha value is -2.45. The van der Waals surface area contributed by atoms with Crippen molar-refractivity contribution >= 4 is 40.1 Å². The number of hydrogen-bond donors (Lipinski definition) is 1. The maximum Gasteiger partial charge on any atom is 0.265 e. The van der Waals surface area contributed by atoms with Crippen molar-refractivity contribution in [1.82, 2.24) is 9.62 Å². The summed E-state index contributed by atoms with van der Waals surface area (Å²) in [7, 11) is -1.47. The zero-order valence-corrected chi connectivity index (χ0v) is 24.5. The molecule has 3 fully saturated rings. The highest BCUT2D eigenvalue weighted by molar-refractivity contribution is 7.84. The van der Waals surface area contributed by atoms with Crippen LogP contribution in [-0.2, 0) is 11.0 Å². The number of amides is 1. The summed E-state index contributed by atoms with van der Waals surface area (Å²) in [5.41, 5.74) is 2.80. The zero-order valence-electron chi connectivity index (χ0n) is 22.2. The van der Waals surface area contributed by atoms with E-state index >= 15 is 4.39 Å². The number of ether oxygens (including phenoxy) is 1. The fraction of sp³-hybridized carbons (Fsp3) is 0.387. The molecule has 2 atom stereocenters. The van der Waals surface area contributed by atoms with Gasteiger partial charge in [0.1, 0.15) is 22.6 Å². The van der Waals surface area contributed by atoms with Crippen molar-refractivity contribution in [3.05, 3.63) is 98.8 Å². The number of likely N-dealkylation sites (tertiary alicyclic amines) is 1. The molecular weight excluding hydrogens is 570 g/mol. The molecule has 1 N–H and O–H groups in total. The highest BCUT2D eigenvalue weighted by atomic mass is 35.5. The zero-order chi connectivity index (χ0) is 28.0. The molecule has 3 aliphatic rings. The van der Waals surface area contributed by atoms with Gasteiger partial charge >= 0.3 is 0 Å². The standard InChI is InChI=1S/C31H31Cl2FN2O3S/c1-31(16-36(17-31)29(20-5-3-2-4-6-20)21-11-22(32)13-23(33)12-21)18-39-28-15-27(34)26(14-25(28)19-7-8-19)30(37)35-40(38)24-9-10-24/h2-6,11-15,19,24,29H,7-10,16-18H2,1H3,(H,35,37). The highest BCUT2D eigenvalue weighted by Crippen LogP contribution is 2.46. The average Bonchev–Trinajstić information content (AvgIpc) is 3.80. The fourth-order valence-corrected chi connectivity index (χ4v) is 7.11. The predicted molar refractivity (Wildman–Crippen MR) is 157 cm³/mol. The van der Waals surface area contributed by atoms with Gasteiger partial charge in [-0.1, -0.05) is 60.5 Å². The molecule has 5 nitrogen and oxygen atoms in total. The van der Waals surface area contributed by atoms with Gasteiger partial charge in [-0.2, -0.15) is 0 Å². The van der Waals surface area contributed by atoms with Gasteiger partial charge in [0.05, 0.1) is 23.5 Å². The summed E-state index contributed by atoms with van der Waals surface area (Å²) in [6.07, 6.45) is 3.60. The van der Waals surface area contributed by atoms with E-state index in [1.807, 2.05) is 30.3 Å². The molecular formula is C31H31Cl2FN2O3S. The number of rotatable bonds is 10. The van der Waals surface area contributed by atoms with E-state index < -0.39 is 22.7 Å². The van der Waals surface area contributed by atoms with Crippen LogP contribution >= 0.6 is 23.2 Å². The summed E-state index contributed by atoms with van der Waals surface area (Å²) in [6.45, 7) is 4.12. The Labute approximate surface area is 246 Å². The van der Waals surface area contributed by atoms with Gasteiger partial charge < -0.3 is 4.74 Å². The number of carbonyl (C=O) groups excluding carboxylic acids is 1. The van der Waals surface area contributed by atoms with Gasteiger partial charge in [0, 0.05) is 34.6 Å². The van der Waals surface area contributed by atoms with Crippen molar-refractivity contribution in [1.29, 1.82) is 0 Å². The van der Waals surface area contributed by atoms with Crippen molar-refractivity contribution in [2.45, 2.75) is 49.8 Å². The topological polar surface area (TPSA) is 58.6 Å². The first-order chi connectivity index (χ1) is 19.2. The fourth-order valence-electron chi connectivity index (χ4n) is 5.54. The number of hydrogen-bond acceptors (Lipinski definition) is 4. The molecule has 3 aromatic carbocycles. The monoisotopic (exact) mass is 600 g/mol. The van der Waals surface area contributed by atoms with E-state index in [2.05, 4.69) is 28.7 Å². The third-order valence-corrected chi connectivity index (χ3v) is 9.71. The van der Waals surface area contributed by atoms with E-state index in [1.54, 1.807) is 12.1 Å². The Morgan fingerprint density at radius 3 is 2.35 bits per heavy atom. The molecule has 2 saturated carbocycles. The van der Waals surface area contributed by atoms with Crippen molar-refractivity contribution in [2.75, 3.05) is 19.7 Å². The summed E-state index contributed by atoms with van der Waals surface area (Å²) in [5, 5.41) is 1.18. The SMILES string of the molecule is CC1(COc2cc(F)c(C(=O)NS(=O)C3CC3)cc2C2CC2)CN(C(c2ccccc2)c2cc(Cl)cc(Cl)c2)C1. The molecule has 2 unspecified atom stereocenters. The number of nitrogens with one attached hydrogen (secondary N) is 1. The van der Waals surface area contributed by atoms with Crippen LogP contribution in [0.5, 0.6) is 5.75 Å². The first kappa shape index (κ1) is 27.7. The van der Waals surface area contributed by atoms with E-state index in [0.29, 0.717) is 22.4 Å². The van der Waals surface area contributed by atoms with Gasteiger partial charge in [0.2, 0.25) is 0 Å². The van der Waals surface area contributed by atoms with Crippen LogP contribution in [0.2, 0.25) is 10.0 Å². The molecule has 3 aromatic rings. The second-order valence-electron chi connectivity index (χ2n) is 11.6. The summed E-state index contributed by atoms with van der Waals surface area (Å²) in [4.78, 5) is 15.0. The minimum atomic E-state index is -1.47. The smallest absolute Gasteiger partial charge is 0.265 e. The summed E-state index contributed by atoms with van der Waals surface area (Å²) in [5.74, 6) is -0.560. The highest BCUT2D eigenvalue weighted by Gasteiger charge is 2.44. The molecule has 1 amide bonds. The van der Waals surface area contributed by atoms with E-state index in [4.69, 9.17) is 27.9 Å². The van der Waals surface area contributed by atoms with Gasteiger partial charge in [-0.15, -0.1) is 0 Å². The molecule has 210 valence electrons. The van der Waals surface area contributed by atoms with Crippen molar-refractivity contribution < 1.29 is 18.1 Å². The largest absolute Gasteiger partial charge is 0.493 e.